The Morgan fingerprint density at radius 2 is 1.77 bits per heavy atom. The summed E-state index contributed by atoms with van der Waals surface area (Å²) in [5.74, 6) is 0.470. The first-order valence-electron chi connectivity index (χ1n) is 9.20. The summed E-state index contributed by atoms with van der Waals surface area (Å²) < 4.78 is 8.21. The number of aryl methyl sites for hydroxylation is 2. The summed E-state index contributed by atoms with van der Waals surface area (Å²) in [4.78, 5) is 23.6. The second kappa shape index (κ2) is 8.66. The van der Waals surface area contributed by atoms with Gasteiger partial charge in [0, 0.05) is 12.1 Å². The van der Waals surface area contributed by atoms with Gasteiger partial charge in [0.25, 0.3) is 5.69 Å². The minimum Gasteiger partial charge on any atom is -0.457 e. The molecule has 0 aliphatic carbocycles. The van der Waals surface area contributed by atoms with E-state index >= 15 is 0 Å². The fourth-order valence-electron chi connectivity index (χ4n) is 3.10. The highest BCUT2D eigenvalue weighted by molar-refractivity contribution is 9.10. The monoisotopic (exact) mass is 472 g/mol. The zero-order chi connectivity index (χ0) is 22.0. The zero-order valence-corrected chi connectivity index (χ0v) is 18.6. The van der Waals surface area contributed by atoms with Crippen LogP contribution in [-0.4, -0.2) is 20.6 Å². The van der Waals surface area contributed by atoms with Crippen molar-refractivity contribution < 1.29 is 14.5 Å². The number of hydrogen-bond acceptors (Lipinski definition) is 5. The Hall–Kier alpha value is -3.20. The smallest absolute Gasteiger partial charge is 0.275 e. The van der Waals surface area contributed by atoms with Crippen molar-refractivity contribution in [1.82, 2.24) is 9.78 Å². The molecule has 1 amide bonds. The Morgan fingerprint density at radius 1 is 1.13 bits per heavy atom. The maximum absolute atomic E-state index is 12.7. The predicted octanol–water partition coefficient (Wildman–Crippen LogP) is 5.47. The summed E-state index contributed by atoms with van der Waals surface area (Å²) in [6, 6.07) is 9.24. The van der Waals surface area contributed by atoms with Gasteiger partial charge in [0.2, 0.25) is 5.91 Å². The van der Waals surface area contributed by atoms with Crippen molar-refractivity contribution in [2.45, 2.75) is 33.7 Å². The van der Waals surface area contributed by atoms with Crippen molar-refractivity contribution >= 4 is 33.2 Å². The number of anilines is 1. The molecule has 30 heavy (non-hydrogen) atoms. The van der Waals surface area contributed by atoms with Crippen LogP contribution >= 0.6 is 15.9 Å². The van der Waals surface area contributed by atoms with Gasteiger partial charge in [-0.1, -0.05) is 6.07 Å². The lowest BCUT2D eigenvalue weighted by molar-refractivity contribution is -0.384. The standard InChI is InChI=1S/C21H21BrN4O4/c1-12-5-13(2)7-18(6-12)30-19-9-16(8-17(10-19)26(28)29)24-21(27)15(4)25-14(3)20(22)11-23-25/h5-11,15H,1-4H3,(H,24,27). The van der Waals surface area contributed by atoms with Crippen molar-refractivity contribution in [2.75, 3.05) is 5.32 Å². The van der Waals surface area contributed by atoms with Crippen molar-refractivity contribution in [1.29, 1.82) is 0 Å². The molecular weight excluding hydrogens is 452 g/mol. The number of non-ortho nitro benzene ring substituents is 1. The fourth-order valence-corrected chi connectivity index (χ4v) is 3.37. The lowest BCUT2D eigenvalue weighted by Gasteiger charge is -2.15. The molecule has 0 bridgehead atoms. The van der Waals surface area contributed by atoms with Crippen LogP contribution in [0.2, 0.25) is 0 Å². The number of nitro benzene ring substituents is 1. The molecule has 0 aliphatic heterocycles. The summed E-state index contributed by atoms with van der Waals surface area (Å²) in [7, 11) is 0. The zero-order valence-electron chi connectivity index (χ0n) is 17.0. The van der Waals surface area contributed by atoms with Crippen LogP contribution < -0.4 is 10.1 Å². The molecule has 8 nitrogen and oxygen atoms in total. The fraction of sp³-hybridized carbons (Fsp3) is 0.238. The third-order valence-electron chi connectivity index (χ3n) is 4.53. The summed E-state index contributed by atoms with van der Waals surface area (Å²) in [6.45, 7) is 7.42. The Bertz CT molecular complexity index is 1110. The van der Waals surface area contributed by atoms with E-state index in [0.717, 1.165) is 21.3 Å². The molecule has 1 heterocycles. The molecule has 0 spiro atoms. The minimum atomic E-state index is -0.612. The highest BCUT2D eigenvalue weighted by Crippen LogP contribution is 2.31. The summed E-state index contributed by atoms with van der Waals surface area (Å²) in [5.41, 5.74) is 2.91. The van der Waals surface area contributed by atoms with E-state index in [1.54, 1.807) is 23.9 Å². The van der Waals surface area contributed by atoms with Gasteiger partial charge in [0.05, 0.1) is 33.0 Å². The highest BCUT2D eigenvalue weighted by Gasteiger charge is 2.20. The molecule has 3 aromatic rings. The van der Waals surface area contributed by atoms with E-state index in [1.807, 2.05) is 39.0 Å². The first kappa shape index (κ1) is 21.5. The van der Waals surface area contributed by atoms with E-state index in [0.29, 0.717) is 5.75 Å². The van der Waals surface area contributed by atoms with Crippen LogP contribution in [0.3, 0.4) is 0 Å². The average molecular weight is 473 g/mol. The van der Waals surface area contributed by atoms with E-state index in [4.69, 9.17) is 4.74 Å². The average Bonchev–Trinajstić information content (AvgIpc) is 2.98. The van der Waals surface area contributed by atoms with Gasteiger partial charge in [-0.2, -0.15) is 5.10 Å². The third-order valence-corrected chi connectivity index (χ3v) is 5.31. The molecule has 2 aromatic carbocycles. The second-order valence-corrected chi connectivity index (χ2v) is 7.94. The van der Waals surface area contributed by atoms with E-state index in [9.17, 15) is 14.9 Å². The lowest BCUT2D eigenvalue weighted by atomic mass is 10.1. The van der Waals surface area contributed by atoms with E-state index in [-0.39, 0.29) is 23.0 Å². The van der Waals surface area contributed by atoms with Gasteiger partial charge >= 0.3 is 0 Å². The van der Waals surface area contributed by atoms with Crippen LogP contribution in [0.25, 0.3) is 0 Å². The van der Waals surface area contributed by atoms with Gasteiger partial charge in [-0.05, 0) is 66.9 Å². The highest BCUT2D eigenvalue weighted by atomic mass is 79.9. The number of carbonyl (C=O) groups excluding carboxylic acids is 1. The number of carbonyl (C=O) groups is 1. The van der Waals surface area contributed by atoms with Gasteiger partial charge in [-0.25, -0.2) is 0 Å². The molecule has 0 saturated carbocycles. The van der Waals surface area contributed by atoms with Crippen LogP contribution in [0.15, 0.2) is 47.1 Å². The van der Waals surface area contributed by atoms with Gasteiger partial charge in [-0.3, -0.25) is 19.6 Å². The third kappa shape index (κ3) is 4.85. The maximum atomic E-state index is 12.7. The number of benzene rings is 2. The summed E-state index contributed by atoms with van der Waals surface area (Å²) >= 11 is 3.37. The van der Waals surface area contributed by atoms with Crippen LogP contribution in [0.5, 0.6) is 11.5 Å². The van der Waals surface area contributed by atoms with Crippen LogP contribution in [0.4, 0.5) is 11.4 Å². The summed E-state index contributed by atoms with van der Waals surface area (Å²) in [5, 5.41) is 18.3. The lowest BCUT2D eigenvalue weighted by Crippen LogP contribution is -2.25. The van der Waals surface area contributed by atoms with Gasteiger partial charge < -0.3 is 10.1 Å². The second-order valence-electron chi connectivity index (χ2n) is 7.09. The van der Waals surface area contributed by atoms with Gasteiger partial charge in [0.15, 0.2) is 0 Å². The maximum Gasteiger partial charge on any atom is 0.275 e. The van der Waals surface area contributed by atoms with Gasteiger partial charge in [0.1, 0.15) is 17.5 Å². The van der Waals surface area contributed by atoms with Crippen LogP contribution in [0, 0.1) is 30.9 Å². The molecule has 0 saturated heterocycles. The number of nitro groups is 1. The number of halogens is 1. The molecule has 3 rings (SSSR count). The van der Waals surface area contributed by atoms with Crippen molar-refractivity contribution in [3.05, 3.63) is 74.0 Å². The number of ether oxygens (including phenoxy) is 1. The number of amides is 1. The molecule has 1 N–H and O–H groups in total. The van der Waals surface area contributed by atoms with E-state index < -0.39 is 11.0 Å². The molecule has 0 radical (unpaired) electrons. The molecule has 9 heteroatoms. The van der Waals surface area contributed by atoms with Crippen molar-refractivity contribution in [3.8, 4) is 11.5 Å². The Labute approximate surface area is 182 Å². The van der Waals surface area contributed by atoms with E-state index in [2.05, 4.69) is 26.3 Å². The molecule has 0 aliphatic rings. The molecule has 156 valence electrons. The number of hydrogen-bond donors (Lipinski definition) is 1. The number of aromatic nitrogens is 2. The van der Waals surface area contributed by atoms with E-state index in [1.165, 1.54) is 12.1 Å². The predicted molar refractivity (Wildman–Crippen MR) is 117 cm³/mol. The molecular formula is C21H21BrN4O4. The van der Waals surface area contributed by atoms with Crippen molar-refractivity contribution in [2.24, 2.45) is 0 Å². The number of nitrogens with one attached hydrogen (secondary N) is 1. The first-order chi connectivity index (χ1) is 14.1. The topological polar surface area (TPSA) is 99.3 Å². The molecule has 1 unspecified atom stereocenters. The quantitative estimate of drug-likeness (QED) is 0.378. The number of rotatable bonds is 6. The Kier molecular flexibility index (Phi) is 6.21. The molecule has 0 fully saturated rings. The van der Waals surface area contributed by atoms with Crippen LogP contribution in [0.1, 0.15) is 29.8 Å². The SMILES string of the molecule is Cc1cc(C)cc(Oc2cc(NC(=O)C(C)n3ncc(Br)c3C)cc([N+](=O)[O-])c2)c1. The Balaban J connectivity index is 1.87. The van der Waals surface area contributed by atoms with Gasteiger partial charge in [-0.15, -0.1) is 0 Å². The first-order valence-corrected chi connectivity index (χ1v) is 9.99. The molecule has 1 aromatic heterocycles. The molecule has 1 atom stereocenters. The largest absolute Gasteiger partial charge is 0.457 e. The normalized spacial score (nSPS) is 11.8. The van der Waals surface area contributed by atoms with Crippen molar-refractivity contribution in [3.63, 3.8) is 0 Å². The number of nitrogens with zero attached hydrogens (tertiary/aromatic N) is 3. The summed E-state index contributed by atoms with van der Waals surface area (Å²) in [6.07, 6.45) is 1.61. The minimum absolute atomic E-state index is 0.183. The Morgan fingerprint density at radius 3 is 2.33 bits per heavy atom. The van der Waals surface area contributed by atoms with Crippen LogP contribution in [-0.2, 0) is 4.79 Å².